The summed E-state index contributed by atoms with van der Waals surface area (Å²) in [5.74, 6) is -0.0857. The topological polar surface area (TPSA) is 77.5 Å². The van der Waals surface area contributed by atoms with Gasteiger partial charge < -0.3 is 10.1 Å². The van der Waals surface area contributed by atoms with Crippen LogP contribution in [0.15, 0.2) is 59.8 Å². The maximum atomic E-state index is 12.1. The zero-order valence-corrected chi connectivity index (χ0v) is 11.1. The molecule has 0 saturated heterocycles. The molecule has 0 aliphatic carbocycles. The molecule has 5 nitrogen and oxygen atoms in total. The summed E-state index contributed by atoms with van der Waals surface area (Å²) in [6.07, 6.45) is 3.18. The first kappa shape index (κ1) is 12.9. The average Bonchev–Trinajstić information content (AvgIpc) is 2.93. The Morgan fingerprint density at radius 3 is 2.71 bits per heavy atom. The van der Waals surface area contributed by atoms with E-state index in [0.29, 0.717) is 5.56 Å². The molecular weight excluding hydrogens is 266 g/mol. The van der Waals surface area contributed by atoms with Crippen LogP contribution in [0.2, 0.25) is 0 Å². The van der Waals surface area contributed by atoms with Crippen LogP contribution in [-0.2, 0) is 0 Å². The molecule has 104 valence electrons. The fourth-order valence-electron chi connectivity index (χ4n) is 2.05. The SMILES string of the molecule is O=C(N/N=C/c1ccc(O)cc1)c1c[nH]c2ccccc12. The summed E-state index contributed by atoms with van der Waals surface area (Å²) in [5, 5.41) is 13.9. The van der Waals surface area contributed by atoms with Crippen molar-refractivity contribution in [2.45, 2.75) is 0 Å². The largest absolute Gasteiger partial charge is 0.508 e. The van der Waals surface area contributed by atoms with Gasteiger partial charge in [-0.05, 0) is 35.9 Å². The number of fused-ring (bicyclic) bond motifs is 1. The number of aromatic nitrogens is 1. The molecule has 2 aromatic carbocycles. The van der Waals surface area contributed by atoms with Gasteiger partial charge in [0.25, 0.3) is 5.91 Å². The lowest BCUT2D eigenvalue weighted by molar-refractivity contribution is 0.0957. The number of benzene rings is 2. The molecule has 21 heavy (non-hydrogen) atoms. The third kappa shape index (κ3) is 2.76. The van der Waals surface area contributed by atoms with E-state index in [0.717, 1.165) is 16.5 Å². The number of hydrazone groups is 1. The lowest BCUT2D eigenvalue weighted by Gasteiger charge is -1.98. The number of nitrogens with zero attached hydrogens (tertiary/aromatic N) is 1. The Bertz CT molecular complexity index is 804. The van der Waals surface area contributed by atoms with Gasteiger partial charge in [0.05, 0.1) is 11.8 Å². The summed E-state index contributed by atoms with van der Waals surface area (Å²) >= 11 is 0. The summed E-state index contributed by atoms with van der Waals surface area (Å²) in [7, 11) is 0. The highest BCUT2D eigenvalue weighted by Crippen LogP contribution is 2.17. The number of aromatic hydroxyl groups is 1. The van der Waals surface area contributed by atoms with Gasteiger partial charge in [-0.1, -0.05) is 18.2 Å². The molecular formula is C16H13N3O2. The summed E-state index contributed by atoms with van der Waals surface area (Å²) in [6.45, 7) is 0. The van der Waals surface area contributed by atoms with E-state index in [9.17, 15) is 9.90 Å². The summed E-state index contributed by atoms with van der Waals surface area (Å²) < 4.78 is 0. The molecule has 1 amide bonds. The van der Waals surface area contributed by atoms with Crippen LogP contribution in [-0.4, -0.2) is 22.2 Å². The maximum Gasteiger partial charge on any atom is 0.273 e. The Balaban J connectivity index is 1.73. The van der Waals surface area contributed by atoms with Crippen molar-refractivity contribution in [2.24, 2.45) is 5.10 Å². The van der Waals surface area contributed by atoms with E-state index >= 15 is 0 Å². The second kappa shape index (κ2) is 5.50. The van der Waals surface area contributed by atoms with E-state index in [1.807, 2.05) is 24.3 Å². The van der Waals surface area contributed by atoms with Crippen molar-refractivity contribution >= 4 is 23.0 Å². The maximum absolute atomic E-state index is 12.1. The van der Waals surface area contributed by atoms with E-state index in [-0.39, 0.29) is 11.7 Å². The molecule has 1 aromatic heterocycles. The Morgan fingerprint density at radius 1 is 1.14 bits per heavy atom. The minimum Gasteiger partial charge on any atom is -0.508 e. The average molecular weight is 279 g/mol. The minimum absolute atomic E-state index is 0.190. The number of H-pyrrole nitrogens is 1. The van der Waals surface area contributed by atoms with Crippen molar-refractivity contribution in [1.29, 1.82) is 0 Å². The molecule has 0 fully saturated rings. The number of carbonyl (C=O) groups excluding carboxylic acids is 1. The fraction of sp³-hybridized carbons (Fsp3) is 0. The molecule has 0 unspecified atom stereocenters. The van der Waals surface area contributed by atoms with Gasteiger partial charge in [-0.2, -0.15) is 5.10 Å². The second-order valence-electron chi connectivity index (χ2n) is 4.54. The Labute approximate surface area is 120 Å². The first-order valence-corrected chi connectivity index (χ1v) is 6.42. The van der Waals surface area contributed by atoms with Gasteiger partial charge in [-0.3, -0.25) is 4.79 Å². The zero-order valence-electron chi connectivity index (χ0n) is 11.1. The van der Waals surface area contributed by atoms with Crippen LogP contribution in [0.3, 0.4) is 0 Å². The third-order valence-corrected chi connectivity index (χ3v) is 3.11. The number of amides is 1. The van der Waals surface area contributed by atoms with Gasteiger partial charge in [0.1, 0.15) is 5.75 Å². The lowest BCUT2D eigenvalue weighted by atomic mass is 10.2. The first-order valence-electron chi connectivity index (χ1n) is 6.42. The summed E-state index contributed by atoms with van der Waals surface area (Å²) in [5.41, 5.74) is 4.73. The van der Waals surface area contributed by atoms with E-state index in [2.05, 4.69) is 15.5 Å². The number of rotatable bonds is 3. The van der Waals surface area contributed by atoms with Gasteiger partial charge in [-0.15, -0.1) is 0 Å². The van der Waals surface area contributed by atoms with Crippen LogP contribution in [0.25, 0.3) is 10.9 Å². The predicted molar refractivity (Wildman–Crippen MR) is 81.5 cm³/mol. The van der Waals surface area contributed by atoms with Gasteiger partial charge in [-0.25, -0.2) is 5.43 Å². The van der Waals surface area contributed by atoms with E-state index < -0.39 is 0 Å². The molecule has 0 spiro atoms. The van der Waals surface area contributed by atoms with Crippen LogP contribution in [0.5, 0.6) is 5.75 Å². The summed E-state index contributed by atoms with van der Waals surface area (Å²) in [6, 6.07) is 14.1. The van der Waals surface area contributed by atoms with Gasteiger partial charge >= 0.3 is 0 Å². The van der Waals surface area contributed by atoms with E-state index in [1.54, 1.807) is 30.5 Å². The van der Waals surface area contributed by atoms with E-state index in [4.69, 9.17) is 0 Å². The van der Waals surface area contributed by atoms with Crippen LogP contribution < -0.4 is 5.43 Å². The smallest absolute Gasteiger partial charge is 0.273 e. The second-order valence-corrected chi connectivity index (χ2v) is 4.54. The number of phenolic OH excluding ortho intramolecular Hbond substituents is 1. The standard InChI is InChI=1S/C16H13N3O2/c20-12-7-5-11(6-8-12)9-18-19-16(21)14-10-17-15-4-2-1-3-13(14)15/h1-10,17,20H,(H,19,21)/b18-9+. The molecule has 0 aliphatic rings. The van der Waals surface area contributed by atoms with E-state index in [1.165, 1.54) is 6.21 Å². The molecule has 3 rings (SSSR count). The highest BCUT2D eigenvalue weighted by Gasteiger charge is 2.10. The number of hydrogen-bond donors (Lipinski definition) is 3. The lowest BCUT2D eigenvalue weighted by Crippen LogP contribution is -2.17. The Morgan fingerprint density at radius 2 is 1.90 bits per heavy atom. The van der Waals surface area contributed by atoms with Crippen LogP contribution in [0, 0.1) is 0 Å². The number of para-hydroxylation sites is 1. The Kier molecular flexibility index (Phi) is 3.39. The zero-order chi connectivity index (χ0) is 14.7. The fourth-order valence-corrected chi connectivity index (χ4v) is 2.05. The van der Waals surface area contributed by atoms with Crippen molar-refractivity contribution < 1.29 is 9.90 Å². The third-order valence-electron chi connectivity index (χ3n) is 3.11. The van der Waals surface area contributed by atoms with Crippen LogP contribution in [0.4, 0.5) is 0 Å². The van der Waals surface area contributed by atoms with Gasteiger partial charge in [0.15, 0.2) is 0 Å². The monoisotopic (exact) mass is 279 g/mol. The molecule has 1 heterocycles. The number of nitrogens with one attached hydrogen (secondary N) is 2. The summed E-state index contributed by atoms with van der Waals surface area (Å²) in [4.78, 5) is 15.1. The van der Waals surface area contributed by atoms with Crippen molar-refractivity contribution in [2.75, 3.05) is 0 Å². The number of aromatic amines is 1. The molecule has 0 radical (unpaired) electrons. The molecule has 3 N–H and O–H groups in total. The van der Waals surface area contributed by atoms with Gasteiger partial charge in [0, 0.05) is 17.1 Å². The molecule has 0 saturated carbocycles. The van der Waals surface area contributed by atoms with Crippen molar-refractivity contribution in [3.8, 4) is 5.75 Å². The normalized spacial score (nSPS) is 11.0. The molecule has 0 bridgehead atoms. The quantitative estimate of drug-likeness (QED) is 0.509. The van der Waals surface area contributed by atoms with Crippen LogP contribution in [0.1, 0.15) is 15.9 Å². The molecule has 5 heteroatoms. The van der Waals surface area contributed by atoms with Crippen LogP contribution >= 0.6 is 0 Å². The van der Waals surface area contributed by atoms with Crippen molar-refractivity contribution in [1.82, 2.24) is 10.4 Å². The minimum atomic E-state index is -0.275. The molecule has 3 aromatic rings. The number of hydrogen-bond acceptors (Lipinski definition) is 3. The van der Waals surface area contributed by atoms with Crippen molar-refractivity contribution in [3.63, 3.8) is 0 Å². The number of phenols is 1. The highest BCUT2D eigenvalue weighted by atomic mass is 16.3. The number of carbonyl (C=O) groups is 1. The predicted octanol–water partition coefficient (Wildman–Crippen LogP) is 2.64. The molecule has 0 aliphatic heterocycles. The van der Waals surface area contributed by atoms with Gasteiger partial charge in [0.2, 0.25) is 0 Å². The van der Waals surface area contributed by atoms with Crippen molar-refractivity contribution in [3.05, 3.63) is 65.9 Å². The first-order chi connectivity index (χ1) is 10.2. The highest BCUT2D eigenvalue weighted by molar-refractivity contribution is 6.06. The Hall–Kier alpha value is -3.08. The molecule has 0 atom stereocenters.